The van der Waals surface area contributed by atoms with Gasteiger partial charge in [0.15, 0.2) is 8.32 Å². The second-order valence-corrected chi connectivity index (χ2v) is 14.1. The number of esters is 1. The van der Waals surface area contributed by atoms with Crippen LogP contribution in [0.1, 0.15) is 43.6 Å². The zero-order valence-electron chi connectivity index (χ0n) is 18.9. The van der Waals surface area contributed by atoms with Crippen molar-refractivity contribution in [1.82, 2.24) is 0 Å². The van der Waals surface area contributed by atoms with Gasteiger partial charge in [-0.25, -0.2) is 4.79 Å². The van der Waals surface area contributed by atoms with E-state index in [-0.39, 0.29) is 17.1 Å². The summed E-state index contributed by atoms with van der Waals surface area (Å²) in [7, 11) is -0.710. The molecule has 0 saturated carbocycles. The van der Waals surface area contributed by atoms with Crippen molar-refractivity contribution >= 4 is 25.9 Å². The summed E-state index contributed by atoms with van der Waals surface area (Å²) >= 11 is 0. The van der Waals surface area contributed by atoms with Gasteiger partial charge in [0.2, 0.25) is 0 Å². The second-order valence-electron chi connectivity index (χ2n) is 9.39. The molecule has 0 fully saturated rings. The molecule has 0 amide bonds. The summed E-state index contributed by atoms with van der Waals surface area (Å²) in [5, 5.41) is 0.0466. The third-order valence-corrected chi connectivity index (χ3v) is 10.8. The molecule has 2 aromatic carbocycles. The highest BCUT2D eigenvalue weighted by atomic mass is 28.4. The topological polar surface area (TPSA) is 35.5 Å². The van der Waals surface area contributed by atoms with Crippen LogP contribution in [0.4, 0.5) is 0 Å². The molecule has 2 atom stereocenters. The lowest BCUT2D eigenvalue weighted by atomic mass is 9.89. The van der Waals surface area contributed by atoms with Gasteiger partial charge in [-0.1, -0.05) is 88.0 Å². The zero-order chi connectivity index (χ0) is 22.1. The molecule has 0 aromatic heterocycles. The number of hydrogen-bond donors (Lipinski definition) is 0. The van der Waals surface area contributed by atoms with Crippen LogP contribution in [0.5, 0.6) is 0 Å². The summed E-state index contributed by atoms with van der Waals surface area (Å²) < 4.78 is 12.0. The molecule has 2 aromatic rings. The Morgan fingerprint density at radius 3 is 2.23 bits per heavy atom. The molecule has 0 aliphatic heterocycles. The van der Waals surface area contributed by atoms with E-state index in [1.807, 2.05) is 30.3 Å². The minimum Gasteiger partial charge on any atom is -0.466 e. The Labute approximate surface area is 181 Å². The predicted molar refractivity (Wildman–Crippen MR) is 126 cm³/mol. The SMILES string of the molecule is C=C(C(=O)OC)[C@@H]1/C(=C\c2ccccc2)c2ccccc2[C@@H]1O[Si](C)(C)C(C)(C)C. The van der Waals surface area contributed by atoms with E-state index in [1.54, 1.807) is 0 Å². The Bertz CT molecular complexity index is 967. The molecule has 0 radical (unpaired) electrons. The van der Waals surface area contributed by atoms with Gasteiger partial charge in [0.1, 0.15) is 0 Å². The monoisotopic (exact) mass is 420 g/mol. The Balaban J connectivity index is 2.18. The summed E-state index contributed by atoms with van der Waals surface area (Å²) in [6, 6.07) is 18.4. The molecular formula is C26H32O3Si. The van der Waals surface area contributed by atoms with Crippen LogP contribution in [0.15, 0.2) is 66.7 Å². The summed E-state index contributed by atoms with van der Waals surface area (Å²) in [4.78, 5) is 12.6. The van der Waals surface area contributed by atoms with Gasteiger partial charge in [0, 0.05) is 11.5 Å². The lowest BCUT2D eigenvalue weighted by Gasteiger charge is -2.40. The third-order valence-electron chi connectivity index (χ3n) is 6.39. The van der Waals surface area contributed by atoms with Crippen molar-refractivity contribution in [3.8, 4) is 0 Å². The number of carbonyl (C=O) groups excluding carboxylic acids is 1. The highest BCUT2D eigenvalue weighted by Gasteiger charge is 2.47. The van der Waals surface area contributed by atoms with Gasteiger partial charge < -0.3 is 9.16 Å². The van der Waals surface area contributed by atoms with E-state index in [0.717, 1.165) is 22.3 Å². The van der Waals surface area contributed by atoms with Crippen LogP contribution in [0.25, 0.3) is 11.6 Å². The first-order valence-electron chi connectivity index (χ1n) is 10.4. The van der Waals surface area contributed by atoms with Crippen molar-refractivity contribution < 1.29 is 14.0 Å². The number of benzene rings is 2. The van der Waals surface area contributed by atoms with Crippen LogP contribution >= 0.6 is 0 Å². The molecule has 4 heteroatoms. The number of rotatable bonds is 5. The van der Waals surface area contributed by atoms with Crippen molar-refractivity contribution in [2.45, 2.75) is 45.0 Å². The highest BCUT2D eigenvalue weighted by molar-refractivity contribution is 6.74. The van der Waals surface area contributed by atoms with Crippen molar-refractivity contribution in [2.24, 2.45) is 5.92 Å². The van der Waals surface area contributed by atoms with Crippen LogP contribution in [0.3, 0.4) is 0 Å². The fraction of sp³-hybridized carbons (Fsp3) is 0.346. The molecule has 1 aliphatic rings. The van der Waals surface area contributed by atoms with Crippen molar-refractivity contribution in [1.29, 1.82) is 0 Å². The van der Waals surface area contributed by atoms with Gasteiger partial charge in [-0.2, -0.15) is 0 Å². The maximum absolute atomic E-state index is 12.6. The third kappa shape index (κ3) is 4.21. The molecule has 0 unspecified atom stereocenters. The maximum Gasteiger partial charge on any atom is 0.333 e. The molecule has 3 rings (SSSR count). The normalized spacial score (nSPS) is 20.1. The quantitative estimate of drug-likeness (QED) is 0.309. The Morgan fingerprint density at radius 1 is 1.03 bits per heavy atom. The second kappa shape index (κ2) is 8.36. The van der Waals surface area contributed by atoms with Gasteiger partial charge in [-0.05, 0) is 40.4 Å². The standard InChI is InChI=1S/C26H32O3Si/c1-18(25(27)28-5)23-22(17-19-13-9-8-10-14-19)20-15-11-12-16-21(20)24(23)29-30(6,7)26(2,3)4/h8-17,23-24H,1H2,2-7H3/b22-17-/t23-,24+/m1/s1. The summed E-state index contributed by atoms with van der Waals surface area (Å²) in [6.07, 6.45) is 1.88. The maximum atomic E-state index is 12.6. The van der Waals surface area contributed by atoms with Crippen LogP contribution in [-0.4, -0.2) is 21.4 Å². The fourth-order valence-corrected chi connectivity index (χ4v) is 4.92. The molecule has 30 heavy (non-hydrogen) atoms. The average Bonchev–Trinajstić information content (AvgIpc) is 2.99. The fourth-order valence-electron chi connectivity index (χ4n) is 3.67. The molecule has 1 aliphatic carbocycles. The minimum absolute atomic E-state index is 0.0466. The van der Waals surface area contributed by atoms with E-state index >= 15 is 0 Å². The molecular weight excluding hydrogens is 388 g/mol. The zero-order valence-corrected chi connectivity index (χ0v) is 19.9. The number of fused-ring (bicyclic) bond motifs is 1. The van der Waals surface area contributed by atoms with E-state index in [1.165, 1.54) is 7.11 Å². The Hall–Kier alpha value is -2.43. The van der Waals surface area contributed by atoms with Crippen LogP contribution in [-0.2, 0) is 14.0 Å². The largest absolute Gasteiger partial charge is 0.466 e. The van der Waals surface area contributed by atoms with Crippen LogP contribution in [0.2, 0.25) is 18.1 Å². The van der Waals surface area contributed by atoms with Crippen molar-refractivity contribution in [3.05, 3.63) is 83.4 Å². The Morgan fingerprint density at radius 2 is 1.63 bits per heavy atom. The van der Waals surface area contributed by atoms with E-state index < -0.39 is 14.3 Å². The van der Waals surface area contributed by atoms with Gasteiger partial charge >= 0.3 is 5.97 Å². The minimum atomic E-state index is -2.11. The molecule has 0 saturated heterocycles. The summed E-state index contributed by atoms with van der Waals surface area (Å²) in [5.41, 5.74) is 4.79. The number of methoxy groups -OCH3 is 1. The summed E-state index contributed by atoms with van der Waals surface area (Å²) in [6.45, 7) is 15.3. The van der Waals surface area contributed by atoms with Crippen molar-refractivity contribution in [3.63, 3.8) is 0 Å². The van der Waals surface area contributed by atoms with Crippen LogP contribution < -0.4 is 0 Å². The smallest absolute Gasteiger partial charge is 0.333 e. The van der Waals surface area contributed by atoms with Gasteiger partial charge in [0.25, 0.3) is 0 Å². The predicted octanol–water partition coefficient (Wildman–Crippen LogP) is 6.65. The Kier molecular flexibility index (Phi) is 6.20. The van der Waals surface area contributed by atoms with E-state index in [4.69, 9.17) is 9.16 Å². The molecule has 0 heterocycles. The van der Waals surface area contributed by atoms with E-state index in [0.29, 0.717) is 5.57 Å². The summed E-state index contributed by atoms with van der Waals surface area (Å²) in [5.74, 6) is -0.681. The first kappa shape index (κ1) is 22.3. The average molecular weight is 421 g/mol. The first-order chi connectivity index (χ1) is 14.1. The lowest BCUT2D eigenvalue weighted by Crippen LogP contribution is -2.42. The lowest BCUT2D eigenvalue weighted by molar-refractivity contribution is -0.136. The van der Waals surface area contributed by atoms with Crippen molar-refractivity contribution in [2.75, 3.05) is 7.11 Å². The number of ether oxygens (including phenoxy) is 1. The molecule has 3 nitrogen and oxygen atoms in total. The van der Waals surface area contributed by atoms with Gasteiger partial charge in [-0.3, -0.25) is 0 Å². The molecule has 0 bridgehead atoms. The highest BCUT2D eigenvalue weighted by Crippen LogP contribution is 2.53. The number of carbonyl (C=O) groups is 1. The van der Waals surface area contributed by atoms with E-state index in [2.05, 4.69) is 70.8 Å². The first-order valence-corrected chi connectivity index (χ1v) is 13.3. The van der Waals surface area contributed by atoms with Gasteiger partial charge in [0.05, 0.1) is 13.2 Å². The molecule has 158 valence electrons. The van der Waals surface area contributed by atoms with Crippen LogP contribution in [0, 0.1) is 5.92 Å². The van der Waals surface area contributed by atoms with Gasteiger partial charge in [-0.15, -0.1) is 0 Å². The van der Waals surface area contributed by atoms with E-state index in [9.17, 15) is 4.79 Å². The molecule has 0 N–H and O–H groups in total. The number of hydrogen-bond acceptors (Lipinski definition) is 3. The molecule has 0 spiro atoms.